The van der Waals surface area contributed by atoms with Crippen molar-refractivity contribution in [2.45, 2.75) is 6.54 Å². The summed E-state index contributed by atoms with van der Waals surface area (Å²) in [5.41, 5.74) is 13.0. The van der Waals surface area contributed by atoms with E-state index in [0.717, 1.165) is 23.3 Å². The lowest BCUT2D eigenvalue weighted by Crippen LogP contribution is -2.12. The van der Waals surface area contributed by atoms with Crippen LogP contribution in [0.1, 0.15) is 5.56 Å². The molecular weight excluding hydrogens is 224 g/mol. The summed E-state index contributed by atoms with van der Waals surface area (Å²) in [6.07, 6.45) is 1.79. The van der Waals surface area contributed by atoms with E-state index in [2.05, 4.69) is 10.4 Å². The first-order valence-corrected chi connectivity index (χ1v) is 5.83. The van der Waals surface area contributed by atoms with Gasteiger partial charge in [-0.25, -0.2) is 9.66 Å². The molecule has 0 fully saturated rings. The Morgan fingerprint density at radius 1 is 1.06 bits per heavy atom. The van der Waals surface area contributed by atoms with Gasteiger partial charge in [0.05, 0.1) is 17.6 Å². The molecule has 4 nitrogen and oxygen atoms in total. The third-order valence-corrected chi connectivity index (χ3v) is 2.89. The summed E-state index contributed by atoms with van der Waals surface area (Å²) >= 11 is 0. The van der Waals surface area contributed by atoms with Gasteiger partial charge in [0.25, 0.3) is 0 Å². The molecule has 0 aliphatic carbocycles. The van der Waals surface area contributed by atoms with Crippen LogP contribution < -0.4 is 11.2 Å². The van der Waals surface area contributed by atoms with Gasteiger partial charge in [-0.2, -0.15) is 0 Å². The second-order valence-corrected chi connectivity index (χ2v) is 4.18. The lowest BCUT2D eigenvalue weighted by atomic mass is 10.2. The fourth-order valence-corrected chi connectivity index (χ4v) is 1.90. The number of aromatic nitrogens is 2. The zero-order valence-corrected chi connectivity index (χ0v) is 9.88. The van der Waals surface area contributed by atoms with Crippen LogP contribution in [-0.4, -0.2) is 9.66 Å². The van der Waals surface area contributed by atoms with Crippen LogP contribution in [0.15, 0.2) is 54.9 Å². The van der Waals surface area contributed by atoms with Crippen LogP contribution in [0.25, 0.3) is 11.0 Å². The van der Waals surface area contributed by atoms with E-state index >= 15 is 0 Å². The molecule has 1 heterocycles. The molecule has 0 bridgehead atoms. The Hall–Kier alpha value is -2.49. The van der Waals surface area contributed by atoms with Crippen LogP contribution in [0, 0.1) is 0 Å². The SMILES string of the molecule is Nc1ccc(CNn2cnc3ccccc32)cc1. The highest BCUT2D eigenvalue weighted by atomic mass is 15.4. The van der Waals surface area contributed by atoms with Crippen molar-refractivity contribution in [2.24, 2.45) is 0 Å². The summed E-state index contributed by atoms with van der Waals surface area (Å²) in [5, 5.41) is 0. The summed E-state index contributed by atoms with van der Waals surface area (Å²) in [4.78, 5) is 4.33. The molecule has 0 saturated heterocycles. The quantitative estimate of drug-likeness (QED) is 0.689. The number of benzene rings is 2. The topological polar surface area (TPSA) is 55.9 Å². The Morgan fingerprint density at radius 2 is 1.83 bits per heavy atom. The molecule has 0 radical (unpaired) electrons. The minimum Gasteiger partial charge on any atom is -0.399 e. The van der Waals surface area contributed by atoms with Gasteiger partial charge in [0.1, 0.15) is 6.33 Å². The smallest absolute Gasteiger partial charge is 0.115 e. The first-order chi connectivity index (χ1) is 8.83. The minimum absolute atomic E-state index is 0.737. The van der Waals surface area contributed by atoms with Crippen LogP contribution in [0.5, 0.6) is 0 Å². The number of imidazole rings is 1. The number of hydrogen-bond donors (Lipinski definition) is 2. The third kappa shape index (κ3) is 2.00. The monoisotopic (exact) mass is 238 g/mol. The highest BCUT2D eigenvalue weighted by molar-refractivity contribution is 5.75. The molecule has 3 rings (SSSR count). The van der Waals surface area contributed by atoms with Gasteiger partial charge in [0, 0.05) is 5.69 Å². The van der Waals surface area contributed by atoms with Gasteiger partial charge >= 0.3 is 0 Å². The Morgan fingerprint density at radius 3 is 2.67 bits per heavy atom. The van der Waals surface area contributed by atoms with Crippen molar-refractivity contribution < 1.29 is 0 Å². The molecule has 90 valence electrons. The van der Waals surface area contributed by atoms with Crippen LogP contribution in [-0.2, 0) is 6.54 Å². The van der Waals surface area contributed by atoms with Gasteiger partial charge in [-0.05, 0) is 29.8 Å². The molecule has 0 spiro atoms. The van der Waals surface area contributed by atoms with Gasteiger partial charge in [0.2, 0.25) is 0 Å². The van der Waals surface area contributed by atoms with E-state index in [0.29, 0.717) is 0 Å². The van der Waals surface area contributed by atoms with Crippen molar-refractivity contribution in [3.05, 3.63) is 60.4 Å². The molecule has 1 aromatic heterocycles. The van der Waals surface area contributed by atoms with Gasteiger partial charge in [-0.15, -0.1) is 0 Å². The summed E-state index contributed by atoms with van der Waals surface area (Å²) in [6.45, 7) is 0.737. The highest BCUT2D eigenvalue weighted by Crippen LogP contribution is 2.11. The Balaban J connectivity index is 1.79. The van der Waals surface area contributed by atoms with Crippen molar-refractivity contribution in [3.8, 4) is 0 Å². The van der Waals surface area contributed by atoms with Crippen molar-refractivity contribution >= 4 is 16.7 Å². The first-order valence-electron chi connectivity index (χ1n) is 5.83. The molecule has 0 saturated carbocycles. The van der Waals surface area contributed by atoms with Crippen molar-refractivity contribution in [3.63, 3.8) is 0 Å². The van der Waals surface area contributed by atoms with E-state index < -0.39 is 0 Å². The number of nitrogens with one attached hydrogen (secondary N) is 1. The maximum Gasteiger partial charge on any atom is 0.115 e. The first kappa shape index (κ1) is 10.7. The van der Waals surface area contributed by atoms with Crippen LogP contribution in [0.4, 0.5) is 5.69 Å². The molecule has 2 aromatic carbocycles. The fraction of sp³-hybridized carbons (Fsp3) is 0.0714. The van der Waals surface area contributed by atoms with Crippen LogP contribution >= 0.6 is 0 Å². The summed E-state index contributed by atoms with van der Waals surface area (Å²) in [6, 6.07) is 15.9. The van der Waals surface area contributed by atoms with E-state index in [9.17, 15) is 0 Å². The van der Waals surface area contributed by atoms with Gasteiger partial charge in [0.15, 0.2) is 0 Å². The summed E-state index contributed by atoms with van der Waals surface area (Å²) < 4.78 is 1.94. The zero-order chi connectivity index (χ0) is 12.4. The highest BCUT2D eigenvalue weighted by Gasteiger charge is 2.00. The maximum atomic E-state index is 5.66. The maximum absolute atomic E-state index is 5.66. The third-order valence-electron chi connectivity index (χ3n) is 2.89. The number of nitrogens with two attached hydrogens (primary N) is 1. The number of hydrogen-bond acceptors (Lipinski definition) is 3. The van der Waals surface area contributed by atoms with Crippen LogP contribution in [0.3, 0.4) is 0 Å². The van der Waals surface area contributed by atoms with E-state index in [1.807, 2.05) is 53.2 Å². The zero-order valence-electron chi connectivity index (χ0n) is 9.88. The summed E-state index contributed by atoms with van der Waals surface area (Å²) in [7, 11) is 0. The van der Waals surface area contributed by atoms with Crippen molar-refractivity contribution in [1.29, 1.82) is 0 Å². The Labute approximate surface area is 105 Å². The normalized spacial score (nSPS) is 10.7. The number of rotatable bonds is 3. The van der Waals surface area contributed by atoms with E-state index in [4.69, 9.17) is 5.73 Å². The second kappa shape index (κ2) is 4.41. The largest absolute Gasteiger partial charge is 0.399 e. The number of para-hydroxylation sites is 2. The predicted octanol–water partition coefficient (Wildman–Crippen LogP) is 2.36. The molecule has 0 atom stereocenters. The second-order valence-electron chi connectivity index (χ2n) is 4.18. The number of nitrogen functional groups attached to an aromatic ring is 1. The lowest BCUT2D eigenvalue weighted by molar-refractivity contribution is 0.862. The van der Waals surface area contributed by atoms with Gasteiger partial charge in [-0.3, -0.25) is 0 Å². The Kier molecular flexibility index (Phi) is 2.61. The molecule has 0 amide bonds. The number of fused-ring (bicyclic) bond motifs is 1. The molecule has 0 aliphatic rings. The summed E-state index contributed by atoms with van der Waals surface area (Å²) in [5.74, 6) is 0. The molecular formula is C14H14N4. The van der Waals surface area contributed by atoms with E-state index in [-0.39, 0.29) is 0 Å². The van der Waals surface area contributed by atoms with Gasteiger partial charge < -0.3 is 11.2 Å². The average Bonchev–Trinajstić information content (AvgIpc) is 2.82. The Bertz CT molecular complexity index is 655. The standard InChI is InChI=1S/C14H14N4/c15-12-7-5-11(6-8-12)9-17-18-10-16-13-3-1-2-4-14(13)18/h1-8,10,17H,9,15H2. The fourth-order valence-electron chi connectivity index (χ4n) is 1.90. The van der Waals surface area contributed by atoms with Gasteiger partial charge in [-0.1, -0.05) is 24.3 Å². The van der Waals surface area contributed by atoms with Crippen LogP contribution in [0.2, 0.25) is 0 Å². The van der Waals surface area contributed by atoms with E-state index in [1.165, 1.54) is 5.56 Å². The lowest BCUT2D eigenvalue weighted by Gasteiger charge is -2.08. The molecule has 0 aliphatic heterocycles. The predicted molar refractivity (Wildman–Crippen MR) is 73.7 cm³/mol. The number of nitrogens with zero attached hydrogens (tertiary/aromatic N) is 2. The van der Waals surface area contributed by atoms with Crippen molar-refractivity contribution in [1.82, 2.24) is 9.66 Å². The molecule has 3 aromatic rings. The average molecular weight is 238 g/mol. The minimum atomic E-state index is 0.737. The number of anilines is 1. The molecule has 18 heavy (non-hydrogen) atoms. The van der Waals surface area contributed by atoms with Crippen molar-refractivity contribution in [2.75, 3.05) is 11.2 Å². The molecule has 3 N–H and O–H groups in total. The molecule has 4 heteroatoms. The van der Waals surface area contributed by atoms with E-state index in [1.54, 1.807) is 6.33 Å². The molecule has 0 unspecified atom stereocenters.